The number of ether oxygens (including phenoxy) is 4. The molecule has 44 heavy (non-hydrogen) atoms. The lowest BCUT2D eigenvalue weighted by atomic mass is 10.0. The summed E-state index contributed by atoms with van der Waals surface area (Å²) in [7, 11) is -3.76. The minimum atomic E-state index is -3.76. The molecular formula is C30H30Cl2F2N2O7S. The van der Waals surface area contributed by atoms with Gasteiger partial charge < -0.3 is 18.9 Å². The summed E-state index contributed by atoms with van der Waals surface area (Å²) >= 11 is 12.8. The number of hydrogen-bond acceptors (Lipinski definition) is 8. The molecule has 2 heterocycles. The third-order valence-corrected chi connectivity index (χ3v) is 10.0. The van der Waals surface area contributed by atoms with E-state index in [1.54, 1.807) is 6.07 Å². The minimum absolute atomic E-state index is 0. The summed E-state index contributed by atoms with van der Waals surface area (Å²) in [5.41, 5.74) is 0.781. The molecule has 2 aliphatic carbocycles. The average molecular weight is 672 g/mol. The van der Waals surface area contributed by atoms with E-state index in [2.05, 4.69) is 14.4 Å². The zero-order chi connectivity index (χ0) is 30.3. The molecule has 2 aromatic carbocycles. The Morgan fingerprint density at radius 2 is 1.84 bits per heavy atom. The number of benzene rings is 2. The zero-order valence-electron chi connectivity index (χ0n) is 22.5. The van der Waals surface area contributed by atoms with Crippen LogP contribution in [0.4, 0.5) is 14.5 Å². The second-order valence-electron chi connectivity index (χ2n) is 10.7. The van der Waals surface area contributed by atoms with E-state index >= 15 is 0 Å². The molecule has 3 aliphatic rings. The number of alkyl halides is 2. The van der Waals surface area contributed by atoms with Gasteiger partial charge in [-0.2, -0.15) is 8.78 Å². The van der Waals surface area contributed by atoms with E-state index in [-0.39, 0.29) is 59.2 Å². The molecule has 6 rings (SSSR count). The van der Waals surface area contributed by atoms with Crippen LogP contribution in [0.2, 0.25) is 10.0 Å². The quantitative estimate of drug-likeness (QED) is 0.228. The van der Waals surface area contributed by atoms with E-state index in [1.165, 1.54) is 42.7 Å². The normalized spacial score (nSPS) is 20.3. The summed E-state index contributed by atoms with van der Waals surface area (Å²) in [6.07, 6.45) is 4.12. The number of carbonyl (C=O) groups is 1. The number of carbonyl (C=O) groups excluding carboxylic acids is 1. The van der Waals surface area contributed by atoms with Crippen molar-refractivity contribution in [2.45, 2.75) is 51.1 Å². The molecule has 2 bridgehead atoms. The first-order valence-corrected chi connectivity index (χ1v) is 15.9. The predicted molar refractivity (Wildman–Crippen MR) is 161 cm³/mol. The van der Waals surface area contributed by atoms with Gasteiger partial charge >= 0.3 is 12.6 Å². The molecule has 0 radical (unpaired) electrons. The van der Waals surface area contributed by atoms with Crippen LogP contribution in [0.3, 0.4) is 0 Å². The van der Waals surface area contributed by atoms with E-state index in [9.17, 15) is 22.0 Å². The van der Waals surface area contributed by atoms with Gasteiger partial charge in [0.2, 0.25) is 10.0 Å². The predicted octanol–water partition coefficient (Wildman–Crippen LogP) is 7.08. The maximum absolute atomic E-state index is 13.7. The van der Waals surface area contributed by atoms with Gasteiger partial charge in [0.15, 0.2) is 11.5 Å². The Hall–Kier alpha value is -3.35. The number of esters is 1. The maximum Gasteiger partial charge on any atom is 0.387 e. The Balaban J connectivity index is 0.00000384. The number of rotatable bonds is 10. The lowest BCUT2D eigenvalue weighted by Crippen LogP contribution is -2.22. The highest BCUT2D eigenvalue weighted by atomic mass is 35.5. The zero-order valence-corrected chi connectivity index (χ0v) is 24.8. The van der Waals surface area contributed by atoms with Crippen molar-refractivity contribution in [2.75, 3.05) is 17.9 Å². The fourth-order valence-electron chi connectivity index (χ4n) is 4.84. The molecular weight excluding hydrogens is 641 g/mol. The summed E-state index contributed by atoms with van der Waals surface area (Å²) in [4.78, 5) is 17.6. The number of hydrogen-bond donors (Lipinski definition) is 1. The Kier molecular flexibility index (Phi) is 9.43. The van der Waals surface area contributed by atoms with Crippen molar-refractivity contribution >= 4 is 44.9 Å². The first-order valence-electron chi connectivity index (χ1n) is 13.6. The number of fused-ring (bicyclic) bond motifs is 3. The van der Waals surface area contributed by atoms with Crippen LogP contribution in [-0.2, 0) is 21.2 Å². The largest absolute Gasteiger partial charge is 0.493 e. The minimum Gasteiger partial charge on any atom is -0.493 e. The van der Waals surface area contributed by atoms with Crippen LogP contribution in [0.1, 0.15) is 54.3 Å². The molecule has 1 aromatic heterocycles. The number of nitrogens with zero attached hydrogens (tertiary/aromatic N) is 1. The van der Waals surface area contributed by atoms with E-state index in [0.717, 1.165) is 12.8 Å². The van der Waals surface area contributed by atoms with Gasteiger partial charge in [0.25, 0.3) is 0 Å². The fourth-order valence-corrected chi connectivity index (χ4v) is 7.08. The van der Waals surface area contributed by atoms with E-state index in [1.807, 2.05) is 0 Å². The highest BCUT2D eigenvalue weighted by Gasteiger charge is 2.48. The van der Waals surface area contributed by atoms with Gasteiger partial charge in [-0.15, -0.1) is 0 Å². The standard InChI is InChI=1S/C29H26Cl2F2N2O7S.CH4/c30-21-11-34-12-22(31)20(21)10-25(16-3-6-24(42-29(32)33)26(7-16)40-13-15-1-2-15)41-28(36)19-5-4-18-9-23(19)35-43(37,38)27-8-17(27)14-39-18;/h3-7,9,11-12,15,17,25,27,29,35H,1-2,8,10,13-14H2;1H4. The molecule has 0 amide bonds. The first kappa shape index (κ1) is 32.1. The van der Waals surface area contributed by atoms with Gasteiger partial charge in [-0.05, 0) is 60.6 Å². The number of anilines is 1. The SMILES string of the molecule is C.O=C(OC(Cc1c(Cl)cncc1Cl)c1ccc(OC(F)F)c(OCC2CC2)c1)c1ccc2cc1NS(=O)(=O)C1CC1CO2. The first-order chi connectivity index (χ1) is 20.6. The van der Waals surface area contributed by atoms with Crippen molar-refractivity contribution in [2.24, 2.45) is 11.8 Å². The van der Waals surface area contributed by atoms with Crippen LogP contribution in [0.15, 0.2) is 48.8 Å². The van der Waals surface area contributed by atoms with E-state index < -0.39 is 34.0 Å². The highest BCUT2D eigenvalue weighted by molar-refractivity contribution is 7.93. The second-order valence-corrected chi connectivity index (χ2v) is 13.4. The number of sulfonamides is 1. The lowest BCUT2D eigenvalue weighted by molar-refractivity contribution is -0.0515. The van der Waals surface area contributed by atoms with Gasteiger partial charge in [-0.1, -0.05) is 36.7 Å². The Morgan fingerprint density at radius 1 is 1.09 bits per heavy atom. The topological polar surface area (TPSA) is 113 Å². The van der Waals surface area contributed by atoms with E-state index in [4.69, 9.17) is 37.4 Å². The molecule has 3 unspecified atom stereocenters. The molecule has 3 atom stereocenters. The molecule has 3 aromatic rings. The number of pyridine rings is 1. The van der Waals surface area contributed by atoms with Crippen LogP contribution in [0.25, 0.3) is 0 Å². The number of nitrogens with one attached hydrogen (secondary N) is 1. The molecule has 236 valence electrons. The molecule has 9 nitrogen and oxygen atoms in total. The van der Waals surface area contributed by atoms with Gasteiger partial charge in [-0.3, -0.25) is 9.71 Å². The molecule has 0 saturated heterocycles. The highest BCUT2D eigenvalue weighted by Crippen LogP contribution is 2.42. The Morgan fingerprint density at radius 3 is 2.55 bits per heavy atom. The van der Waals surface area contributed by atoms with Crippen LogP contribution < -0.4 is 18.9 Å². The summed E-state index contributed by atoms with van der Waals surface area (Å²) in [6, 6.07) is 8.66. The van der Waals surface area contributed by atoms with Crippen molar-refractivity contribution in [1.82, 2.24) is 4.98 Å². The maximum atomic E-state index is 13.7. The van der Waals surface area contributed by atoms with Crippen LogP contribution in [0, 0.1) is 11.8 Å². The Labute approximate surface area is 263 Å². The second kappa shape index (κ2) is 12.9. The summed E-state index contributed by atoms with van der Waals surface area (Å²) in [5, 5.41) is -0.162. The molecule has 14 heteroatoms. The van der Waals surface area contributed by atoms with Gasteiger partial charge in [-0.25, -0.2) is 13.2 Å². The molecule has 0 spiro atoms. The average Bonchev–Trinajstić information content (AvgIpc) is 3.88. The number of halogens is 4. The summed E-state index contributed by atoms with van der Waals surface area (Å²) < 4.78 is 76.8. The van der Waals surface area contributed by atoms with Crippen molar-refractivity contribution in [1.29, 1.82) is 0 Å². The van der Waals surface area contributed by atoms with Gasteiger partial charge in [0.1, 0.15) is 11.9 Å². The summed E-state index contributed by atoms with van der Waals surface area (Å²) in [6.45, 7) is -2.51. The monoisotopic (exact) mass is 670 g/mol. The van der Waals surface area contributed by atoms with Crippen molar-refractivity contribution in [3.63, 3.8) is 0 Å². The molecule has 2 fully saturated rings. The molecule has 2 saturated carbocycles. The molecule has 1 aliphatic heterocycles. The number of aromatic nitrogens is 1. The van der Waals surface area contributed by atoms with Crippen molar-refractivity contribution < 1.29 is 40.9 Å². The van der Waals surface area contributed by atoms with Crippen LogP contribution in [-0.4, -0.2) is 44.4 Å². The molecule has 1 N–H and O–H groups in total. The fraction of sp³-hybridized carbons (Fsp3) is 0.400. The Bertz CT molecular complexity index is 1640. The van der Waals surface area contributed by atoms with Crippen molar-refractivity contribution in [3.8, 4) is 17.2 Å². The van der Waals surface area contributed by atoms with E-state index in [0.29, 0.717) is 35.8 Å². The van der Waals surface area contributed by atoms with Crippen LogP contribution in [0.5, 0.6) is 17.2 Å². The smallest absolute Gasteiger partial charge is 0.387 e. The van der Waals surface area contributed by atoms with Gasteiger partial charge in [0, 0.05) is 30.8 Å². The summed E-state index contributed by atoms with van der Waals surface area (Å²) in [5.74, 6) is -0.362. The van der Waals surface area contributed by atoms with Gasteiger partial charge in [0.05, 0.1) is 39.8 Å². The lowest BCUT2D eigenvalue weighted by Gasteiger charge is -2.22. The van der Waals surface area contributed by atoms with Crippen LogP contribution >= 0.6 is 23.2 Å². The van der Waals surface area contributed by atoms with Crippen molar-refractivity contribution in [3.05, 3.63) is 75.5 Å². The third-order valence-electron chi connectivity index (χ3n) is 7.50. The third kappa shape index (κ3) is 7.30.